The quantitative estimate of drug-likeness (QED) is 0.803. The number of carbonyl (C=O) groups is 1. The zero-order valence-corrected chi connectivity index (χ0v) is 11.8. The first-order valence-corrected chi connectivity index (χ1v) is 6.63. The lowest BCUT2D eigenvalue weighted by Gasteiger charge is -2.12. The molecule has 2 heterocycles. The van der Waals surface area contributed by atoms with Crippen LogP contribution in [-0.4, -0.2) is 20.7 Å². The van der Waals surface area contributed by atoms with E-state index in [1.165, 1.54) is 29.1 Å². The second kappa shape index (κ2) is 5.41. The van der Waals surface area contributed by atoms with Gasteiger partial charge in [-0.2, -0.15) is 18.3 Å². The number of benzene rings is 1. The number of anilines is 1. The number of para-hydroxylation sites is 1. The smallest absolute Gasteiger partial charge is 0.433 e. The van der Waals surface area contributed by atoms with Gasteiger partial charge < -0.3 is 9.73 Å². The summed E-state index contributed by atoms with van der Waals surface area (Å²) in [7, 11) is 0. The Morgan fingerprint density at radius 2 is 2.13 bits per heavy atom. The Balaban J connectivity index is 1.91. The Kier molecular flexibility index (Phi) is 3.55. The topological polar surface area (TPSA) is 73.0 Å². The molecule has 0 saturated heterocycles. The van der Waals surface area contributed by atoms with Crippen LogP contribution in [-0.2, 0) is 11.0 Å². The van der Waals surface area contributed by atoms with Crippen LogP contribution in [0.3, 0.4) is 0 Å². The summed E-state index contributed by atoms with van der Waals surface area (Å²) >= 11 is 0. The number of hydrogen-bond acceptors (Lipinski definition) is 4. The average Bonchev–Trinajstić information content (AvgIpc) is 3.15. The number of fused-ring (bicyclic) bond motifs is 1. The van der Waals surface area contributed by atoms with Crippen molar-refractivity contribution in [3.8, 4) is 0 Å². The lowest BCUT2D eigenvalue weighted by molar-refractivity contribution is -0.156. The fourth-order valence-electron chi connectivity index (χ4n) is 2.04. The van der Waals surface area contributed by atoms with E-state index < -0.39 is 24.0 Å². The highest BCUT2D eigenvalue weighted by Crippen LogP contribution is 2.33. The summed E-state index contributed by atoms with van der Waals surface area (Å²) in [6, 6.07) is 5.32. The number of carbonyl (C=O) groups excluding carboxylic acids is 1. The molecule has 3 rings (SSSR count). The number of rotatable bonds is 3. The van der Waals surface area contributed by atoms with Gasteiger partial charge >= 0.3 is 12.1 Å². The van der Waals surface area contributed by atoms with E-state index in [1.54, 1.807) is 19.2 Å². The number of halogens is 3. The average molecular weight is 324 g/mol. The Bertz CT molecular complexity index is 839. The van der Waals surface area contributed by atoms with Crippen molar-refractivity contribution in [1.82, 2.24) is 14.8 Å². The summed E-state index contributed by atoms with van der Waals surface area (Å²) in [5.74, 6) is -1.79. The van der Waals surface area contributed by atoms with Crippen LogP contribution >= 0.6 is 0 Å². The molecule has 9 heteroatoms. The van der Waals surface area contributed by atoms with E-state index in [9.17, 15) is 18.0 Å². The number of nitrogens with one attached hydrogen (secondary N) is 1. The molecule has 0 aliphatic heterocycles. The van der Waals surface area contributed by atoms with Gasteiger partial charge in [0.15, 0.2) is 5.58 Å². The van der Waals surface area contributed by atoms with Crippen LogP contribution in [0, 0.1) is 0 Å². The highest BCUT2D eigenvalue weighted by molar-refractivity contribution is 6.00. The van der Waals surface area contributed by atoms with Gasteiger partial charge in [-0.3, -0.25) is 9.48 Å². The minimum atomic E-state index is -4.69. The molecule has 1 N–H and O–H groups in total. The van der Waals surface area contributed by atoms with Crippen molar-refractivity contribution >= 4 is 22.7 Å². The largest absolute Gasteiger partial charge is 0.468 e. The lowest BCUT2D eigenvalue weighted by Crippen LogP contribution is -2.24. The molecule has 0 unspecified atom stereocenters. The maximum absolute atomic E-state index is 12.7. The van der Waals surface area contributed by atoms with Crippen molar-refractivity contribution in [2.24, 2.45) is 0 Å². The molecule has 0 fully saturated rings. The van der Waals surface area contributed by atoms with Gasteiger partial charge in [-0.1, -0.05) is 6.07 Å². The number of amides is 1. The molecule has 0 aliphatic carbocycles. The van der Waals surface area contributed by atoms with E-state index in [0.29, 0.717) is 0 Å². The first-order valence-electron chi connectivity index (χ1n) is 6.63. The van der Waals surface area contributed by atoms with E-state index in [0.717, 1.165) is 0 Å². The second-order valence-electron chi connectivity index (χ2n) is 4.82. The van der Waals surface area contributed by atoms with E-state index in [1.807, 2.05) is 0 Å². The monoisotopic (exact) mass is 324 g/mol. The molecule has 1 atom stereocenters. The van der Waals surface area contributed by atoms with Crippen molar-refractivity contribution in [2.75, 3.05) is 5.32 Å². The standard InChI is InChI=1S/C14H11F3N4O2/c1-8(21-7-3-6-18-21)12(22)19-9-4-2-5-10-11(9)20-13(23-10)14(15,16)17/h2-8H,1H3,(H,19,22)/t8-/m1/s1. The molecule has 0 radical (unpaired) electrons. The second-order valence-corrected chi connectivity index (χ2v) is 4.82. The van der Waals surface area contributed by atoms with Crippen LogP contribution in [0.4, 0.5) is 18.9 Å². The SMILES string of the molecule is C[C@H](C(=O)Nc1cccc2oc(C(F)(F)F)nc12)n1cccn1. The molecule has 23 heavy (non-hydrogen) atoms. The Labute approximate surface area is 127 Å². The fourth-order valence-corrected chi connectivity index (χ4v) is 2.04. The summed E-state index contributed by atoms with van der Waals surface area (Å²) in [6.45, 7) is 1.62. The fraction of sp³-hybridized carbons (Fsp3) is 0.214. The number of aromatic nitrogens is 3. The van der Waals surface area contributed by atoms with Crippen LogP contribution in [0.15, 0.2) is 41.1 Å². The number of hydrogen-bond donors (Lipinski definition) is 1. The number of oxazole rings is 1. The summed E-state index contributed by atoms with van der Waals surface area (Å²) in [4.78, 5) is 15.6. The molecule has 1 aromatic carbocycles. The van der Waals surface area contributed by atoms with Crippen molar-refractivity contribution in [3.63, 3.8) is 0 Å². The highest BCUT2D eigenvalue weighted by Gasteiger charge is 2.37. The maximum atomic E-state index is 12.7. The molecule has 0 aliphatic rings. The van der Waals surface area contributed by atoms with Gasteiger partial charge in [0.2, 0.25) is 5.91 Å². The third-order valence-corrected chi connectivity index (χ3v) is 3.22. The van der Waals surface area contributed by atoms with Gasteiger partial charge in [-0.15, -0.1) is 0 Å². The molecule has 0 spiro atoms. The molecule has 6 nitrogen and oxygen atoms in total. The van der Waals surface area contributed by atoms with Crippen LogP contribution in [0.2, 0.25) is 0 Å². The van der Waals surface area contributed by atoms with Gasteiger partial charge in [0.1, 0.15) is 11.6 Å². The van der Waals surface area contributed by atoms with Crippen molar-refractivity contribution < 1.29 is 22.4 Å². The predicted octanol–water partition coefficient (Wildman–Crippen LogP) is 3.24. The summed E-state index contributed by atoms with van der Waals surface area (Å²) in [5.41, 5.74) is 0.0356. The Morgan fingerprint density at radius 1 is 1.35 bits per heavy atom. The molecule has 0 saturated carbocycles. The van der Waals surface area contributed by atoms with E-state index >= 15 is 0 Å². The summed E-state index contributed by atoms with van der Waals surface area (Å²) in [6.07, 6.45) is -1.55. The number of alkyl halides is 3. The van der Waals surface area contributed by atoms with Crippen LogP contribution in [0.1, 0.15) is 18.9 Å². The summed E-state index contributed by atoms with van der Waals surface area (Å²) < 4.78 is 44.2. The number of nitrogens with zero attached hydrogens (tertiary/aromatic N) is 3. The summed E-state index contributed by atoms with van der Waals surface area (Å²) in [5, 5.41) is 6.50. The predicted molar refractivity (Wildman–Crippen MR) is 74.6 cm³/mol. The molecule has 1 amide bonds. The van der Waals surface area contributed by atoms with Gasteiger partial charge in [-0.25, -0.2) is 4.98 Å². The lowest BCUT2D eigenvalue weighted by atomic mass is 10.2. The highest BCUT2D eigenvalue weighted by atomic mass is 19.4. The van der Waals surface area contributed by atoms with Crippen LogP contribution in [0.5, 0.6) is 0 Å². The normalized spacial score (nSPS) is 13.2. The van der Waals surface area contributed by atoms with Gasteiger partial charge in [0.25, 0.3) is 0 Å². The molecule has 120 valence electrons. The minimum absolute atomic E-state index is 0.0538. The van der Waals surface area contributed by atoms with E-state index in [2.05, 4.69) is 19.8 Å². The van der Waals surface area contributed by atoms with Crippen molar-refractivity contribution in [2.45, 2.75) is 19.1 Å². The minimum Gasteiger partial charge on any atom is -0.433 e. The molecule has 2 aromatic heterocycles. The Hall–Kier alpha value is -2.84. The Morgan fingerprint density at radius 3 is 2.78 bits per heavy atom. The van der Waals surface area contributed by atoms with Crippen molar-refractivity contribution in [1.29, 1.82) is 0 Å². The molecule has 3 aromatic rings. The zero-order valence-electron chi connectivity index (χ0n) is 11.8. The molecule has 0 bridgehead atoms. The molecular weight excluding hydrogens is 313 g/mol. The van der Waals surface area contributed by atoms with Gasteiger partial charge in [0.05, 0.1) is 5.69 Å². The third kappa shape index (κ3) is 2.89. The first kappa shape index (κ1) is 15.1. The zero-order chi connectivity index (χ0) is 16.6. The molecular formula is C14H11F3N4O2. The van der Waals surface area contributed by atoms with Crippen molar-refractivity contribution in [3.05, 3.63) is 42.5 Å². The van der Waals surface area contributed by atoms with Gasteiger partial charge in [0, 0.05) is 12.4 Å². The van der Waals surface area contributed by atoms with Gasteiger partial charge in [-0.05, 0) is 25.1 Å². The first-order chi connectivity index (χ1) is 10.9. The van der Waals surface area contributed by atoms with E-state index in [4.69, 9.17) is 0 Å². The maximum Gasteiger partial charge on any atom is 0.468 e. The third-order valence-electron chi connectivity index (χ3n) is 3.22. The van der Waals surface area contributed by atoms with E-state index in [-0.39, 0.29) is 16.8 Å². The van der Waals surface area contributed by atoms with Crippen LogP contribution < -0.4 is 5.32 Å². The van der Waals surface area contributed by atoms with Crippen LogP contribution in [0.25, 0.3) is 11.1 Å².